The fraction of sp³-hybridized carbons (Fsp3) is 0.800. The van der Waals surface area contributed by atoms with E-state index in [1.54, 1.807) is 0 Å². The summed E-state index contributed by atoms with van der Waals surface area (Å²) in [5.41, 5.74) is -0.0231. The van der Waals surface area contributed by atoms with E-state index in [-0.39, 0.29) is 5.41 Å². The summed E-state index contributed by atoms with van der Waals surface area (Å²) in [5, 5.41) is 7.04. The lowest BCUT2D eigenvalue weighted by Crippen LogP contribution is -2.13. The zero-order valence-corrected chi connectivity index (χ0v) is 9.42. The third-order valence-corrected chi connectivity index (χ3v) is 1.96. The van der Waals surface area contributed by atoms with Crippen molar-refractivity contribution in [3.05, 3.63) is 11.7 Å². The lowest BCUT2D eigenvalue weighted by molar-refractivity contribution is 0.360. The van der Waals surface area contributed by atoms with Crippen LogP contribution >= 0.6 is 0 Å². The number of rotatable bonds is 4. The highest BCUT2D eigenvalue weighted by Gasteiger charge is 2.20. The van der Waals surface area contributed by atoms with Crippen molar-refractivity contribution in [1.29, 1.82) is 0 Å². The normalized spacial score (nSPS) is 12.0. The summed E-state index contributed by atoms with van der Waals surface area (Å²) in [6.07, 6.45) is 1.88. The maximum atomic E-state index is 5.15. The van der Waals surface area contributed by atoms with Gasteiger partial charge in [0.2, 0.25) is 5.89 Å². The Morgan fingerprint density at radius 1 is 1.36 bits per heavy atom. The van der Waals surface area contributed by atoms with Gasteiger partial charge in [-0.25, -0.2) is 0 Å². The Morgan fingerprint density at radius 3 is 2.57 bits per heavy atom. The molecule has 1 heterocycles. The molecular formula is C10H19N3O. The van der Waals surface area contributed by atoms with E-state index in [0.717, 1.165) is 31.1 Å². The Labute approximate surface area is 85.1 Å². The molecule has 1 aromatic rings. The van der Waals surface area contributed by atoms with Crippen LogP contribution in [0.5, 0.6) is 0 Å². The second-order valence-corrected chi connectivity index (χ2v) is 4.47. The highest BCUT2D eigenvalue weighted by atomic mass is 16.5. The number of hydrogen-bond acceptors (Lipinski definition) is 4. The van der Waals surface area contributed by atoms with E-state index in [2.05, 4.69) is 36.2 Å². The van der Waals surface area contributed by atoms with Crippen molar-refractivity contribution < 1.29 is 4.52 Å². The topological polar surface area (TPSA) is 51.0 Å². The highest BCUT2D eigenvalue weighted by molar-refractivity contribution is 4.99. The monoisotopic (exact) mass is 197 g/mol. The lowest BCUT2D eigenvalue weighted by atomic mass is 9.96. The zero-order chi connectivity index (χ0) is 10.6. The van der Waals surface area contributed by atoms with Crippen molar-refractivity contribution >= 4 is 0 Å². The summed E-state index contributed by atoms with van der Waals surface area (Å²) < 4.78 is 5.15. The van der Waals surface area contributed by atoms with Crippen LogP contribution in [0.15, 0.2) is 4.52 Å². The molecule has 0 radical (unpaired) electrons. The molecule has 4 nitrogen and oxygen atoms in total. The first-order chi connectivity index (χ1) is 6.54. The largest absolute Gasteiger partial charge is 0.339 e. The van der Waals surface area contributed by atoms with Gasteiger partial charge in [0.1, 0.15) is 0 Å². The standard InChI is InChI=1S/C10H19N3O/c1-10(2,3)9-12-8(14-13-9)6-5-7-11-4/h11H,5-7H2,1-4H3. The third kappa shape index (κ3) is 3.10. The molecule has 14 heavy (non-hydrogen) atoms. The molecule has 1 rings (SSSR count). The van der Waals surface area contributed by atoms with E-state index in [9.17, 15) is 0 Å². The van der Waals surface area contributed by atoms with E-state index < -0.39 is 0 Å². The predicted molar refractivity (Wildman–Crippen MR) is 55.2 cm³/mol. The molecule has 0 atom stereocenters. The van der Waals surface area contributed by atoms with Gasteiger partial charge in [-0.15, -0.1) is 0 Å². The first kappa shape index (κ1) is 11.2. The zero-order valence-electron chi connectivity index (χ0n) is 9.42. The molecule has 0 aliphatic carbocycles. The molecule has 4 heteroatoms. The molecule has 0 aliphatic rings. The van der Waals surface area contributed by atoms with Crippen molar-refractivity contribution in [2.75, 3.05) is 13.6 Å². The summed E-state index contributed by atoms with van der Waals surface area (Å²) in [6, 6.07) is 0. The molecule has 0 bridgehead atoms. The summed E-state index contributed by atoms with van der Waals surface area (Å²) in [5.74, 6) is 1.53. The van der Waals surface area contributed by atoms with Crippen LogP contribution < -0.4 is 5.32 Å². The van der Waals surface area contributed by atoms with Gasteiger partial charge >= 0.3 is 0 Å². The van der Waals surface area contributed by atoms with E-state index in [1.807, 2.05) is 7.05 Å². The van der Waals surface area contributed by atoms with Crippen molar-refractivity contribution in [3.8, 4) is 0 Å². The molecular weight excluding hydrogens is 178 g/mol. The maximum absolute atomic E-state index is 5.15. The summed E-state index contributed by atoms with van der Waals surface area (Å²) in [7, 11) is 1.94. The molecule has 0 aromatic carbocycles. The third-order valence-electron chi connectivity index (χ3n) is 1.96. The Balaban J connectivity index is 2.51. The average molecular weight is 197 g/mol. The molecule has 0 amide bonds. The maximum Gasteiger partial charge on any atom is 0.226 e. The van der Waals surface area contributed by atoms with Gasteiger partial charge in [0.05, 0.1) is 0 Å². The number of aromatic nitrogens is 2. The van der Waals surface area contributed by atoms with Gasteiger partial charge in [0, 0.05) is 11.8 Å². The molecule has 80 valence electrons. The van der Waals surface area contributed by atoms with Crippen LogP contribution in [0.3, 0.4) is 0 Å². The van der Waals surface area contributed by atoms with E-state index in [4.69, 9.17) is 4.52 Å². The Bertz CT molecular complexity index is 275. The van der Waals surface area contributed by atoms with Gasteiger partial charge < -0.3 is 9.84 Å². The number of aryl methyl sites for hydroxylation is 1. The minimum atomic E-state index is -0.0231. The molecule has 0 saturated carbocycles. The second kappa shape index (κ2) is 4.55. The van der Waals surface area contributed by atoms with Crippen LogP contribution in [-0.2, 0) is 11.8 Å². The Hall–Kier alpha value is -0.900. The lowest BCUT2D eigenvalue weighted by Gasteiger charge is -2.10. The predicted octanol–water partition coefficient (Wildman–Crippen LogP) is 1.52. The molecule has 0 aliphatic heterocycles. The van der Waals surface area contributed by atoms with E-state index in [1.165, 1.54) is 0 Å². The summed E-state index contributed by atoms with van der Waals surface area (Å²) >= 11 is 0. The van der Waals surface area contributed by atoms with Crippen LogP contribution in [0, 0.1) is 0 Å². The van der Waals surface area contributed by atoms with Gasteiger partial charge in [-0.05, 0) is 20.0 Å². The van der Waals surface area contributed by atoms with Gasteiger partial charge in [0.15, 0.2) is 5.82 Å². The number of hydrogen-bond donors (Lipinski definition) is 1. The highest BCUT2D eigenvalue weighted by Crippen LogP contribution is 2.18. The van der Waals surface area contributed by atoms with Crippen LogP contribution in [-0.4, -0.2) is 23.7 Å². The first-order valence-electron chi connectivity index (χ1n) is 5.01. The van der Waals surface area contributed by atoms with Gasteiger partial charge in [-0.2, -0.15) is 4.98 Å². The number of nitrogens with one attached hydrogen (secondary N) is 1. The first-order valence-corrected chi connectivity index (χ1v) is 5.01. The van der Waals surface area contributed by atoms with E-state index >= 15 is 0 Å². The van der Waals surface area contributed by atoms with Gasteiger partial charge in [0.25, 0.3) is 0 Å². The summed E-state index contributed by atoms with van der Waals surface area (Å²) in [6.45, 7) is 7.22. The Morgan fingerprint density at radius 2 is 2.07 bits per heavy atom. The smallest absolute Gasteiger partial charge is 0.226 e. The number of nitrogens with zero attached hydrogens (tertiary/aromatic N) is 2. The van der Waals surface area contributed by atoms with Crippen molar-refractivity contribution in [2.45, 2.75) is 39.0 Å². The van der Waals surface area contributed by atoms with Crippen LogP contribution in [0.2, 0.25) is 0 Å². The fourth-order valence-electron chi connectivity index (χ4n) is 1.08. The molecule has 0 saturated heterocycles. The molecule has 1 aromatic heterocycles. The molecule has 1 N–H and O–H groups in total. The Kier molecular flexibility index (Phi) is 3.63. The summed E-state index contributed by atoms with van der Waals surface area (Å²) in [4.78, 5) is 4.35. The quantitative estimate of drug-likeness (QED) is 0.743. The van der Waals surface area contributed by atoms with Crippen molar-refractivity contribution in [1.82, 2.24) is 15.5 Å². The molecule has 0 spiro atoms. The van der Waals surface area contributed by atoms with Gasteiger partial charge in [-0.1, -0.05) is 25.9 Å². The average Bonchev–Trinajstić information content (AvgIpc) is 2.52. The fourth-order valence-corrected chi connectivity index (χ4v) is 1.08. The van der Waals surface area contributed by atoms with Gasteiger partial charge in [-0.3, -0.25) is 0 Å². The SMILES string of the molecule is CNCCCc1nc(C(C)(C)C)no1. The minimum Gasteiger partial charge on any atom is -0.339 e. The second-order valence-electron chi connectivity index (χ2n) is 4.47. The molecule has 0 fully saturated rings. The van der Waals surface area contributed by atoms with Crippen LogP contribution in [0.4, 0.5) is 0 Å². The van der Waals surface area contributed by atoms with Crippen LogP contribution in [0.25, 0.3) is 0 Å². The van der Waals surface area contributed by atoms with Crippen molar-refractivity contribution in [2.24, 2.45) is 0 Å². The minimum absolute atomic E-state index is 0.0231. The van der Waals surface area contributed by atoms with E-state index in [0.29, 0.717) is 0 Å². The van der Waals surface area contributed by atoms with Crippen molar-refractivity contribution in [3.63, 3.8) is 0 Å². The van der Waals surface area contributed by atoms with Crippen LogP contribution in [0.1, 0.15) is 38.9 Å². The molecule has 0 unspecified atom stereocenters.